The molecule has 2 heterocycles. The molecule has 16 heavy (non-hydrogen) atoms. The Balaban J connectivity index is 2.25. The van der Waals surface area contributed by atoms with Crippen molar-refractivity contribution >= 4 is 5.82 Å². The van der Waals surface area contributed by atoms with E-state index < -0.39 is 6.10 Å². The summed E-state index contributed by atoms with van der Waals surface area (Å²) in [6, 6.07) is 3.71. The lowest BCUT2D eigenvalue weighted by molar-refractivity contribution is 0.153. The Morgan fingerprint density at radius 2 is 2.38 bits per heavy atom. The van der Waals surface area contributed by atoms with Gasteiger partial charge in [-0.15, -0.1) is 0 Å². The molecule has 2 atom stereocenters. The number of aliphatic hydroxyl groups excluding tert-OH is 2. The van der Waals surface area contributed by atoms with Gasteiger partial charge in [0.15, 0.2) is 0 Å². The maximum atomic E-state index is 9.67. The topological polar surface area (TPSA) is 56.6 Å². The molecule has 1 aromatic heterocycles. The van der Waals surface area contributed by atoms with Crippen molar-refractivity contribution in [2.45, 2.75) is 32.0 Å². The number of β-amino-alcohol motifs (C(OH)–C–C–N with tert-alkyl or cyclic N) is 1. The van der Waals surface area contributed by atoms with E-state index in [1.165, 1.54) is 0 Å². The van der Waals surface area contributed by atoms with E-state index in [9.17, 15) is 10.2 Å². The summed E-state index contributed by atoms with van der Waals surface area (Å²) in [5, 5.41) is 19.3. The summed E-state index contributed by atoms with van der Waals surface area (Å²) in [5.41, 5.74) is 0.830. The van der Waals surface area contributed by atoms with E-state index >= 15 is 0 Å². The summed E-state index contributed by atoms with van der Waals surface area (Å²) in [6.45, 7) is 3.24. The van der Waals surface area contributed by atoms with Crippen LogP contribution in [0.15, 0.2) is 18.3 Å². The highest BCUT2D eigenvalue weighted by atomic mass is 16.3. The third-order valence-electron chi connectivity index (χ3n) is 2.96. The molecule has 1 aliphatic heterocycles. The molecule has 1 aromatic rings. The molecule has 0 spiro atoms. The first-order valence-corrected chi connectivity index (χ1v) is 5.74. The van der Waals surface area contributed by atoms with Gasteiger partial charge < -0.3 is 15.1 Å². The SMILES string of the molecule is C[C@H](O)c1cccnc1N1CCCC(O)C1. The smallest absolute Gasteiger partial charge is 0.134 e. The summed E-state index contributed by atoms with van der Waals surface area (Å²) < 4.78 is 0. The lowest BCUT2D eigenvalue weighted by atomic mass is 10.1. The highest BCUT2D eigenvalue weighted by molar-refractivity contribution is 5.48. The van der Waals surface area contributed by atoms with Gasteiger partial charge in [-0.25, -0.2) is 4.98 Å². The lowest BCUT2D eigenvalue weighted by Gasteiger charge is -2.32. The normalized spacial score (nSPS) is 23.2. The molecule has 0 aromatic carbocycles. The van der Waals surface area contributed by atoms with Crippen molar-refractivity contribution in [3.63, 3.8) is 0 Å². The summed E-state index contributed by atoms with van der Waals surface area (Å²) in [7, 11) is 0. The summed E-state index contributed by atoms with van der Waals surface area (Å²) in [5.74, 6) is 0.802. The molecule has 1 fully saturated rings. The number of aromatic nitrogens is 1. The number of anilines is 1. The quantitative estimate of drug-likeness (QED) is 0.786. The fourth-order valence-corrected chi connectivity index (χ4v) is 2.15. The van der Waals surface area contributed by atoms with E-state index in [0.717, 1.165) is 30.8 Å². The molecular weight excluding hydrogens is 204 g/mol. The average molecular weight is 222 g/mol. The largest absolute Gasteiger partial charge is 0.391 e. The molecule has 0 aliphatic carbocycles. The van der Waals surface area contributed by atoms with Crippen LogP contribution in [-0.2, 0) is 0 Å². The molecule has 0 amide bonds. The molecule has 1 unspecified atom stereocenters. The molecule has 2 rings (SSSR count). The molecule has 0 radical (unpaired) electrons. The zero-order chi connectivity index (χ0) is 11.5. The third-order valence-corrected chi connectivity index (χ3v) is 2.96. The van der Waals surface area contributed by atoms with Gasteiger partial charge in [0.1, 0.15) is 5.82 Å². The first-order chi connectivity index (χ1) is 7.68. The fourth-order valence-electron chi connectivity index (χ4n) is 2.15. The van der Waals surface area contributed by atoms with Crippen molar-refractivity contribution in [2.75, 3.05) is 18.0 Å². The number of piperidine rings is 1. The van der Waals surface area contributed by atoms with Crippen molar-refractivity contribution in [2.24, 2.45) is 0 Å². The highest BCUT2D eigenvalue weighted by Crippen LogP contribution is 2.26. The minimum absolute atomic E-state index is 0.280. The van der Waals surface area contributed by atoms with E-state index in [2.05, 4.69) is 9.88 Å². The number of hydrogen-bond donors (Lipinski definition) is 2. The summed E-state index contributed by atoms with van der Waals surface area (Å²) in [4.78, 5) is 6.36. The molecule has 1 aliphatic rings. The third kappa shape index (κ3) is 2.33. The van der Waals surface area contributed by atoms with E-state index in [4.69, 9.17) is 0 Å². The van der Waals surface area contributed by atoms with E-state index in [1.807, 2.05) is 12.1 Å². The van der Waals surface area contributed by atoms with Gasteiger partial charge >= 0.3 is 0 Å². The monoisotopic (exact) mass is 222 g/mol. The van der Waals surface area contributed by atoms with Crippen LogP contribution in [0, 0.1) is 0 Å². The number of nitrogens with zero attached hydrogens (tertiary/aromatic N) is 2. The lowest BCUT2D eigenvalue weighted by Crippen LogP contribution is -2.39. The Kier molecular flexibility index (Phi) is 3.41. The molecule has 1 saturated heterocycles. The van der Waals surface area contributed by atoms with Gasteiger partial charge in [-0.05, 0) is 25.8 Å². The zero-order valence-electron chi connectivity index (χ0n) is 9.50. The minimum Gasteiger partial charge on any atom is -0.391 e. The Morgan fingerprint density at radius 3 is 3.06 bits per heavy atom. The zero-order valence-corrected chi connectivity index (χ0v) is 9.50. The van der Waals surface area contributed by atoms with Crippen LogP contribution >= 0.6 is 0 Å². The predicted octanol–water partition coefficient (Wildman–Crippen LogP) is 1.10. The van der Waals surface area contributed by atoms with Crippen molar-refractivity contribution in [3.05, 3.63) is 23.9 Å². The Labute approximate surface area is 95.5 Å². The number of rotatable bonds is 2. The predicted molar refractivity (Wildman–Crippen MR) is 62.3 cm³/mol. The van der Waals surface area contributed by atoms with E-state index in [0.29, 0.717) is 6.54 Å². The van der Waals surface area contributed by atoms with Crippen molar-refractivity contribution < 1.29 is 10.2 Å². The van der Waals surface area contributed by atoms with Gasteiger partial charge in [0.25, 0.3) is 0 Å². The van der Waals surface area contributed by atoms with Crippen LogP contribution < -0.4 is 4.90 Å². The first-order valence-electron chi connectivity index (χ1n) is 5.74. The number of hydrogen-bond acceptors (Lipinski definition) is 4. The van der Waals surface area contributed by atoms with Crippen LogP contribution in [0.2, 0.25) is 0 Å². The second-order valence-corrected chi connectivity index (χ2v) is 4.33. The van der Waals surface area contributed by atoms with Gasteiger partial charge in [-0.2, -0.15) is 0 Å². The Hall–Kier alpha value is -1.13. The van der Waals surface area contributed by atoms with Gasteiger partial charge in [0, 0.05) is 24.8 Å². The van der Waals surface area contributed by atoms with Crippen LogP contribution in [0.25, 0.3) is 0 Å². The molecule has 4 nitrogen and oxygen atoms in total. The van der Waals surface area contributed by atoms with Gasteiger partial charge in [0.2, 0.25) is 0 Å². The Bertz CT molecular complexity index is 355. The maximum absolute atomic E-state index is 9.67. The molecule has 0 bridgehead atoms. The molecular formula is C12H18N2O2. The van der Waals surface area contributed by atoms with E-state index in [1.54, 1.807) is 13.1 Å². The summed E-state index contributed by atoms with van der Waals surface area (Å²) in [6.07, 6.45) is 2.74. The van der Waals surface area contributed by atoms with Gasteiger partial charge in [0.05, 0.1) is 12.2 Å². The molecule has 4 heteroatoms. The van der Waals surface area contributed by atoms with Crippen LogP contribution in [0.4, 0.5) is 5.82 Å². The van der Waals surface area contributed by atoms with Crippen LogP contribution in [0.5, 0.6) is 0 Å². The number of aliphatic hydroxyl groups is 2. The highest BCUT2D eigenvalue weighted by Gasteiger charge is 2.21. The van der Waals surface area contributed by atoms with Crippen molar-refractivity contribution in [1.82, 2.24) is 4.98 Å². The van der Waals surface area contributed by atoms with E-state index in [-0.39, 0.29) is 6.10 Å². The fraction of sp³-hybridized carbons (Fsp3) is 0.583. The maximum Gasteiger partial charge on any atom is 0.134 e. The van der Waals surface area contributed by atoms with Crippen molar-refractivity contribution in [3.8, 4) is 0 Å². The second kappa shape index (κ2) is 4.80. The van der Waals surface area contributed by atoms with Crippen LogP contribution in [-0.4, -0.2) is 34.4 Å². The Morgan fingerprint density at radius 1 is 1.56 bits per heavy atom. The van der Waals surface area contributed by atoms with Gasteiger partial charge in [-0.1, -0.05) is 6.07 Å². The van der Waals surface area contributed by atoms with Crippen LogP contribution in [0.3, 0.4) is 0 Å². The average Bonchev–Trinajstić information content (AvgIpc) is 2.29. The van der Waals surface area contributed by atoms with Crippen LogP contribution in [0.1, 0.15) is 31.4 Å². The van der Waals surface area contributed by atoms with Crippen molar-refractivity contribution in [1.29, 1.82) is 0 Å². The summed E-state index contributed by atoms with van der Waals surface area (Å²) >= 11 is 0. The molecule has 0 saturated carbocycles. The van der Waals surface area contributed by atoms with Gasteiger partial charge in [-0.3, -0.25) is 0 Å². The first kappa shape index (κ1) is 11.4. The number of pyridine rings is 1. The standard InChI is InChI=1S/C12H18N2O2/c1-9(15)11-5-2-6-13-12(11)14-7-3-4-10(16)8-14/h2,5-6,9-10,15-16H,3-4,7-8H2,1H3/t9-,10?/m0/s1. The molecule has 88 valence electrons. The minimum atomic E-state index is -0.525. The second-order valence-electron chi connectivity index (χ2n) is 4.33. The molecule has 2 N–H and O–H groups in total.